The summed E-state index contributed by atoms with van der Waals surface area (Å²) in [4.78, 5) is 2.37. The molecule has 0 atom stereocenters. The van der Waals surface area contributed by atoms with Crippen molar-refractivity contribution < 1.29 is 0 Å². The van der Waals surface area contributed by atoms with Crippen molar-refractivity contribution in [1.29, 1.82) is 0 Å². The molecular formula is C14H19N. The molecule has 0 saturated heterocycles. The van der Waals surface area contributed by atoms with Gasteiger partial charge in [0.15, 0.2) is 0 Å². The van der Waals surface area contributed by atoms with Gasteiger partial charge in [-0.25, -0.2) is 0 Å². The summed E-state index contributed by atoms with van der Waals surface area (Å²) in [5.41, 5.74) is 2.84. The monoisotopic (exact) mass is 201 g/mol. The van der Waals surface area contributed by atoms with Crippen LogP contribution in [0.2, 0.25) is 0 Å². The fraction of sp³-hybridized carbons (Fsp3) is 0.429. The quantitative estimate of drug-likeness (QED) is 0.722. The lowest BCUT2D eigenvalue weighted by Gasteiger charge is -2.27. The molecule has 1 aromatic carbocycles. The van der Waals surface area contributed by atoms with Gasteiger partial charge in [0, 0.05) is 18.4 Å². The SMILES string of the molecule is CC(C)CCN1C=CCc2ccccc21. The minimum Gasteiger partial charge on any atom is -0.348 e. The van der Waals surface area contributed by atoms with Crippen molar-refractivity contribution in [2.75, 3.05) is 11.4 Å². The maximum atomic E-state index is 2.37. The minimum atomic E-state index is 0.771. The van der Waals surface area contributed by atoms with E-state index in [1.807, 2.05) is 0 Å². The van der Waals surface area contributed by atoms with Crippen LogP contribution in [0.1, 0.15) is 25.8 Å². The van der Waals surface area contributed by atoms with Crippen LogP contribution < -0.4 is 4.90 Å². The lowest BCUT2D eigenvalue weighted by atomic mass is 10.0. The molecule has 0 saturated carbocycles. The maximum absolute atomic E-state index is 2.37. The molecule has 1 nitrogen and oxygen atoms in total. The van der Waals surface area contributed by atoms with E-state index < -0.39 is 0 Å². The Bertz CT molecular complexity index is 352. The summed E-state index contributed by atoms with van der Waals surface area (Å²) in [7, 11) is 0. The normalized spacial score (nSPS) is 14.5. The van der Waals surface area contributed by atoms with E-state index in [0.29, 0.717) is 0 Å². The minimum absolute atomic E-state index is 0.771. The van der Waals surface area contributed by atoms with E-state index in [9.17, 15) is 0 Å². The van der Waals surface area contributed by atoms with E-state index in [-0.39, 0.29) is 0 Å². The number of rotatable bonds is 3. The molecule has 0 N–H and O–H groups in total. The van der Waals surface area contributed by atoms with Crippen LogP contribution in [0.3, 0.4) is 0 Å². The van der Waals surface area contributed by atoms with Crippen molar-refractivity contribution in [2.45, 2.75) is 26.7 Å². The van der Waals surface area contributed by atoms with Crippen molar-refractivity contribution in [3.63, 3.8) is 0 Å². The lowest BCUT2D eigenvalue weighted by molar-refractivity contribution is 0.589. The van der Waals surface area contributed by atoms with Crippen molar-refractivity contribution in [3.8, 4) is 0 Å². The van der Waals surface area contributed by atoms with E-state index >= 15 is 0 Å². The summed E-state index contributed by atoms with van der Waals surface area (Å²) in [5, 5.41) is 0. The average Bonchev–Trinajstić information content (AvgIpc) is 2.26. The van der Waals surface area contributed by atoms with Gasteiger partial charge in [0.1, 0.15) is 0 Å². The van der Waals surface area contributed by atoms with Gasteiger partial charge in [0.2, 0.25) is 0 Å². The van der Waals surface area contributed by atoms with Crippen LogP contribution in [-0.2, 0) is 6.42 Å². The number of fused-ring (bicyclic) bond motifs is 1. The second kappa shape index (κ2) is 4.52. The Morgan fingerprint density at radius 1 is 1.27 bits per heavy atom. The Balaban J connectivity index is 2.12. The fourth-order valence-corrected chi connectivity index (χ4v) is 1.94. The van der Waals surface area contributed by atoms with Crippen molar-refractivity contribution in [1.82, 2.24) is 0 Å². The Morgan fingerprint density at radius 2 is 2.07 bits per heavy atom. The molecule has 0 spiro atoms. The molecule has 1 heterocycles. The van der Waals surface area contributed by atoms with Crippen molar-refractivity contribution in [3.05, 3.63) is 42.1 Å². The highest BCUT2D eigenvalue weighted by Crippen LogP contribution is 2.25. The number of benzene rings is 1. The van der Waals surface area contributed by atoms with Gasteiger partial charge in [-0.3, -0.25) is 0 Å². The predicted octanol–water partition coefficient (Wildman–Crippen LogP) is 3.61. The third kappa shape index (κ3) is 2.41. The molecule has 1 aliphatic heterocycles. The largest absolute Gasteiger partial charge is 0.348 e. The predicted molar refractivity (Wildman–Crippen MR) is 66.1 cm³/mol. The molecule has 80 valence electrons. The third-order valence-electron chi connectivity index (χ3n) is 2.87. The number of nitrogens with zero attached hydrogens (tertiary/aromatic N) is 1. The molecule has 0 amide bonds. The van der Waals surface area contributed by atoms with E-state index in [2.05, 4.69) is 55.3 Å². The third-order valence-corrected chi connectivity index (χ3v) is 2.87. The molecule has 2 rings (SSSR count). The second-order valence-electron chi connectivity index (χ2n) is 4.59. The highest BCUT2D eigenvalue weighted by atomic mass is 15.1. The molecule has 1 aliphatic rings. The first-order chi connectivity index (χ1) is 7.27. The number of para-hydroxylation sites is 1. The van der Waals surface area contributed by atoms with Gasteiger partial charge in [-0.2, -0.15) is 0 Å². The van der Waals surface area contributed by atoms with E-state index in [1.165, 1.54) is 17.7 Å². The van der Waals surface area contributed by atoms with Gasteiger partial charge in [0.25, 0.3) is 0 Å². The van der Waals surface area contributed by atoms with Gasteiger partial charge in [-0.05, 0) is 30.4 Å². The topological polar surface area (TPSA) is 3.24 Å². The van der Waals surface area contributed by atoms with Crippen LogP contribution >= 0.6 is 0 Å². The first-order valence-corrected chi connectivity index (χ1v) is 5.78. The Hall–Kier alpha value is -1.24. The fourth-order valence-electron chi connectivity index (χ4n) is 1.94. The Labute approximate surface area is 92.4 Å². The zero-order chi connectivity index (χ0) is 10.7. The number of hydrogen-bond acceptors (Lipinski definition) is 1. The zero-order valence-electron chi connectivity index (χ0n) is 9.61. The highest BCUT2D eigenvalue weighted by molar-refractivity contribution is 5.58. The van der Waals surface area contributed by atoms with Crippen molar-refractivity contribution in [2.24, 2.45) is 5.92 Å². The van der Waals surface area contributed by atoms with E-state index in [4.69, 9.17) is 0 Å². The Kier molecular flexibility index (Phi) is 3.10. The van der Waals surface area contributed by atoms with Crippen LogP contribution in [0.5, 0.6) is 0 Å². The number of anilines is 1. The molecule has 0 radical (unpaired) electrons. The lowest BCUT2D eigenvalue weighted by Crippen LogP contribution is -2.22. The molecule has 0 aliphatic carbocycles. The van der Waals surface area contributed by atoms with Crippen LogP contribution in [0.25, 0.3) is 0 Å². The first kappa shape index (κ1) is 10.3. The second-order valence-corrected chi connectivity index (χ2v) is 4.59. The van der Waals surface area contributed by atoms with Crippen LogP contribution in [0.4, 0.5) is 5.69 Å². The van der Waals surface area contributed by atoms with Gasteiger partial charge in [-0.1, -0.05) is 38.1 Å². The summed E-state index contributed by atoms with van der Waals surface area (Å²) < 4.78 is 0. The van der Waals surface area contributed by atoms with Crippen LogP contribution in [-0.4, -0.2) is 6.54 Å². The van der Waals surface area contributed by atoms with Gasteiger partial charge in [0.05, 0.1) is 0 Å². The highest BCUT2D eigenvalue weighted by Gasteiger charge is 2.11. The molecule has 0 fully saturated rings. The maximum Gasteiger partial charge on any atom is 0.0441 e. The summed E-state index contributed by atoms with van der Waals surface area (Å²) in [6.45, 7) is 5.68. The Morgan fingerprint density at radius 3 is 2.87 bits per heavy atom. The zero-order valence-corrected chi connectivity index (χ0v) is 9.61. The van der Waals surface area contributed by atoms with Gasteiger partial charge < -0.3 is 4.90 Å². The summed E-state index contributed by atoms with van der Waals surface area (Å²) >= 11 is 0. The number of hydrogen-bond donors (Lipinski definition) is 0. The van der Waals surface area contributed by atoms with E-state index in [0.717, 1.165) is 18.9 Å². The van der Waals surface area contributed by atoms with Gasteiger partial charge >= 0.3 is 0 Å². The molecule has 1 aromatic rings. The van der Waals surface area contributed by atoms with Crippen molar-refractivity contribution >= 4 is 5.69 Å². The summed E-state index contributed by atoms with van der Waals surface area (Å²) in [6.07, 6.45) is 6.81. The van der Waals surface area contributed by atoms with Gasteiger partial charge in [-0.15, -0.1) is 0 Å². The van der Waals surface area contributed by atoms with Crippen LogP contribution in [0.15, 0.2) is 36.5 Å². The molecule has 0 unspecified atom stereocenters. The van der Waals surface area contributed by atoms with Crippen LogP contribution in [0, 0.1) is 5.92 Å². The smallest absolute Gasteiger partial charge is 0.0441 e. The molecule has 0 bridgehead atoms. The standard InChI is InChI=1S/C14H19N/c1-12(2)9-11-15-10-5-7-13-6-3-4-8-14(13)15/h3-6,8,10,12H,7,9,11H2,1-2H3. The number of allylic oxidation sites excluding steroid dienone is 1. The first-order valence-electron chi connectivity index (χ1n) is 5.78. The van der Waals surface area contributed by atoms with E-state index in [1.54, 1.807) is 0 Å². The molecule has 0 aromatic heterocycles. The molecular weight excluding hydrogens is 182 g/mol. The molecule has 15 heavy (non-hydrogen) atoms. The average molecular weight is 201 g/mol. The molecule has 1 heteroatoms. The summed E-state index contributed by atoms with van der Waals surface area (Å²) in [5.74, 6) is 0.771. The summed E-state index contributed by atoms with van der Waals surface area (Å²) in [6, 6.07) is 8.69.